The number of carboxylic acids is 1. The molecule has 0 radical (unpaired) electrons. The lowest BCUT2D eigenvalue weighted by Gasteiger charge is -2.38. The Balaban J connectivity index is 1.51. The maximum Gasteiger partial charge on any atom is 0.337 e. The van der Waals surface area contributed by atoms with Crippen molar-refractivity contribution < 1.29 is 19.4 Å². The number of aromatic amines is 1. The summed E-state index contributed by atoms with van der Waals surface area (Å²) in [5.74, 6) is -1.09. The van der Waals surface area contributed by atoms with Gasteiger partial charge >= 0.3 is 5.97 Å². The number of carboxylic acid groups (broad SMARTS) is 1. The van der Waals surface area contributed by atoms with Gasteiger partial charge in [-0.05, 0) is 31.4 Å². The molecule has 9 nitrogen and oxygen atoms in total. The largest absolute Gasteiger partial charge is 0.478 e. The number of carbonyl (C=O) groups is 2. The van der Waals surface area contributed by atoms with Crippen LogP contribution < -0.4 is 10.2 Å². The van der Waals surface area contributed by atoms with E-state index in [2.05, 4.69) is 25.2 Å². The molecule has 33 heavy (non-hydrogen) atoms. The second kappa shape index (κ2) is 10.1. The van der Waals surface area contributed by atoms with Crippen molar-refractivity contribution in [1.29, 1.82) is 0 Å². The molecule has 176 valence electrons. The number of piperidine rings is 1. The molecule has 2 atom stereocenters. The molecule has 1 aromatic carbocycles. The number of aromatic carboxylic acids is 1. The molecule has 0 saturated carbocycles. The Morgan fingerprint density at radius 3 is 2.88 bits per heavy atom. The van der Waals surface area contributed by atoms with Gasteiger partial charge in [-0.2, -0.15) is 0 Å². The van der Waals surface area contributed by atoms with Crippen LogP contribution in [-0.2, 0) is 11.2 Å². The predicted molar refractivity (Wildman–Crippen MR) is 128 cm³/mol. The van der Waals surface area contributed by atoms with E-state index in [1.54, 1.807) is 12.1 Å². The van der Waals surface area contributed by atoms with Crippen molar-refractivity contribution in [2.24, 2.45) is 0 Å². The second-order valence-electron chi connectivity index (χ2n) is 7.89. The van der Waals surface area contributed by atoms with Gasteiger partial charge in [0.1, 0.15) is 0 Å². The molecule has 4 rings (SSSR count). The molecule has 0 spiro atoms. The number of hydrogen-bond donors (Lipinski definition) is 3. The number of aromatic nitrogens is 3. The third kappa shape index (κ3) is 4.97. The van der Waals surface area contributed by atoms with Crippen LogP contribution in [0.5, 0.6) is 0 Å². The Morgan fingerprint density at radius 1 is 1.36 bits per heavy atom. The van der Waals surface area contributed by atoms with E-state index in [9.17, 15) is 14.7 Å². The number of hydrogen-bond acceptors (Lipinski definition) is 7. The molecule has 1 aliphatic rings. The third-order valence-corrected chi connectivity index (χ3v) is 7.09. The van der Waals surface area contributed by atoms with Crippen molar-refractivity contribution in [3.63, 3.8) is 0 Å². The molecule has 1 saturated heterocycles. The molecular weight excluding hydrogens is 466 g/mol. The number of thiazole rings is 1. The number of amides is 1. The van der Waals surface area contributed by atoms with E-state index in [-0.39, 0.29) is 29.4 Å². The number of imidazole rings is 1. The van der Waals surface area contributed by atoms with Gasteiger partial charge in [-0.1, -0.05) is 42.9 Å². The molecule has 3 N–H and O–H groups in total. The number of anilines is 1. The quantitative estimate of drug-likeness (QED) is 0.439. The van der Waals surface area contributed by atoms with Crippen LogP contribution in [0.4, 0.5) is 5.13 Å². The minimum absolute atomic E-state index is 0.195. The summed E-state index contributed by atoms with van der Waals surface area (Å²) < 4.78 is 6.74. The van der Waals surface area contributed by atoms with Crippen LogP contribution in [0.2, 0.25) is 5.15 Å². The maximum absolute atomic E-state index is 12.8. The molecular formula is C22H26ClN5O4S. The second-order valence-corrected chi connectivity index (χ2v) is 9.22. The molecule has 1 aliphatic heterocycles. The smallest absolute Gasteiger partial charge is 0.337 e. The normalized spacial score (nSPS) is 18.6. The first-order valence-electron chi connectivity index (χ1n) is 11.0. The number of nitrogens with zero attached hydrogens (tertiary/aromatic N) is 3. The van der Waals surface area contributed by atoms with E-state index in [0.29, 0.717) is 47.9 Å². The van der Waals surface area contributed by atoms with Crippen LogP contribution in [0.3, 0.4) is 0 Å². The van der Waals surface area contributed by atoms with Gasteiger partial charge in [-0.3, -0.25) is 4.79 Å². The first-order valence-corrected chi connectivity index (χ1v) is 12.1. The lowest BCUT2D eigenvalue weighted by Crippen LogP contribution is -2.55. The molecule has 3 heterocycles. The molecule has 0 bridgehead atoms. The topological polar surface area (TPSA) is 120 Å². The highest BCUT2D eigenvalue weighted by atomic mass is 35.5. The number of halogens is 1. The Bertz CT molecular complexity index is 1160. The third-order valence-electron chi connectivity index (χ3n) is 5.61. The minimum Gasteiger partial charge on any atom is -0.478 e. The van der Waals surface area contributed by atoms with Crippen LogP contribution in [0, 0.1) is 0 Å². The Kier molecular flexibility index (Phi) is 7.16. The summed E-state index contributed by atoms with van der Waals surface area (Å²) in [6.07, 6.45) is 1.92. The molecule has 0 aliphatic carbocycles. The maximum atomic E-state index is 12.8. The summed E-state index contributed by atoms with van der Waals surface area (Å²) in [6.45, 7) is 5.73. The predicted octanol–water partition coefficient (Wildman–Crippen LogP) is 3.74. The van der Waals surface area contributed by atoms with Crippen molar-refractivity contribution in [2.45, 2.75) is 45.3 Å². The Hall–Kier alpha value is -2.69. The number of fused-ring (bicyclic) bond motifs is 1. The number of H-pyrrole nitrogens is 1. The fourth-order valence-corrected chi connectivity index (χ4v) is 5.27. The van der Waals surface area contributed by atoms with Gasteiger partial charge < -0.3 is 25.0 Å². The van der Waals surface area contributed by atoms with E-state index in [1.807, 2.05) is 19.9 Å². The van der Waals surface area contributed by atoms with Gasteiger partial charge in [-0.25, -0.2) is 14.8 Å². The van der Waals surface area contributed by atoms with Crippen LogP contribution in [-0.4, -0.2) is 63.8 Å². The van der Waals surface area contributed by atoms with Crippen LogP contribution in [0.1, 0.15) is 53.4 Å². The summed E-state index contributed by atoms with van der Waals surface area (Å²) in [4.78, 5) is 38.2. The van der Waals surface area contributed by atoms with Crippen LogP contribution >= 0.6 is 22.9 Å². The highest BCUT2D eigenvalue weighted by Crippen LogP contribution is 2.33. The van der Waals surface area contributed by atoms with E-state index in [4.69, 9.17) is 16.3 Å². The van der Waals surface area contributed by atoms with Crippen molar-refractivity contribution >= 4 is 50.2 Å². The number of aryl methyl sites for hydroxylation is 1. The highest BCUT2D eigenvalue weighted by Gasteiger charge is 2.33. The van der Waals surface area contributed by atoms with Crippen molar-refractivity contribution in [2.75, 3.05) is 24.6 Å². The monoisotopic (exact) mass is 491 g/mol. The molecule has 0 unspecified atom stereocenters. The number of nitrogens with one attached hydrogen (secondary N) is 2. The SMILES string of the molecule is CCCO[C@H]1CN(c2nc3cccc(C(=O)O)c3s2)CC[C@H]1NC(=O)c1nc(Cl)c(CC)[nH]1. The van der Waals surface area contributed by atoms with Gasteiger partial charge in [0.2, 0.25) is 0 Å². The zero-order chi connectivity index (χ0) is 23.5. The van der Waals surface area contributed by atoms with Crippen LogP contribution in [0.25, 0.3) is 10.2 Å². The Morgan fingerprint density at radius 2 is 2.18 bits per heavy atom. The van der Waals surface area contributed by atoms with E-state index in [0.717, 1.165) is 17.2 Å². The Labute approximate surface area is 200 Å². The molecule has 2 aromatic heterocycles. The zero-order valence-corrected chi connectivity index (χ0v) is 20.0. The highest BCUT2D eigenvalue weighted by molar-refractivity contribution is 7.22. The fourth-order valence-electron chi connectivity index (χ4n) is 3.90. The molecule has 11 heteroatoms. The average molecular weight is 492 g/mol. The van der Waals surface area contributed by atoms with E-state index in [1.165, 1.54) is 11.3 Å². The van der Waals surface area contributed by atoms with Crippen LogP contribution in [0.15, 0.2) is 18.2 Å². The summed E-state index contributed by atoms with van der Waals surface area (Å²) in [5, 5.41) is 13.6. The van der Waals surface area contributed by atoms with Gasteiger partial charge in [0.05, 0.1) is 33.6 Å². The van der Waals surface area contributed by atoms with E-state index >= 15 is 0 Å². The summed E-state index contributed by atoms with van der Waals surface area (Å²) in [5.41, 5.74) is 1.64. The molecule has 1 amide bonds. The van der Waals surface area contributed by atoms with Crippen molar-refractivity contribution in [3.05, 3.63) is 40.4 Å². The fraction of sp³-hybridized carbons (Fsp3) is 0.455. The van der Waals surface area contributed by atoms with Crippen molar-refractivity contribution in [1.82, 2.24) is 20.3 Å². The number of benzene rings is 1. The number of ether oxygens (including phenoxy) is 1. The van der Waals surface area contributed by atoms with Gasteiger partial charge in [-0.15, -0.1) is 0 Å². The van der Waals surface area contributed by atoms with Gasteiger partial charge in [0, 0.05) is 19.7 Å². The lowest BCUT2D eigenvalue weighted by molar-refractivity contribution is 0.0204. The summed E-state index contributed by atoms with van der Waals surface area (Å²) in [6, 6.07) is 4.92. The number of rotatable bonds is 8. The standard InChI is InChI=1S/C22H26ClN5O4S/c1-3-10-32-16-11-28(22-26-15-7-5-6-12(21(30)31)17(15)33-22)9-8-14(16)25-20(29)19-24-13(4-2)18(23)27-19/h5-7,14,16H,3-4,8-11H2,1-2H3,(H,24,27)(H,25,29)(H,30,31)/t14-,16+/m1/s1. The summed E-state index contributed by atoms with van der Waals surface area (Å²) in [7, 11) is 0. The molecule has 1 fully saturated rings. The zero-order valence-electron chi connectivity index (χ0n) is 18.4. The average Bonchev–Trinajstić information content (AvgIpc) is 3.41. The van der Waals surface area contributed by atoms with Crippen molar-refractivity contribution in [3.8, 4) is 0 Å². The first-order chi connectivity index (χ1) is 15.9. The lowest BCUT2D eigenvalue weighted by atomic mass is 10.0. The van der Waals surface area contributed by atoms with Gasteiger partial charge in [0.25, 0.3) is 5.91 Å². The molecule has 3 aromatic rings. The summed E-state index contributed by atoms with van der Waals surface area (Å²) >= 11 is 7.45. The minimum atomic E-state index is -0.967. The first kappa shape index (κ1) is 23.5. The van der Waals surface area contributed by atoms with Gasteiger partial charge in [0.15, 0.2) is 16.1 Å². The number of carbonyl (C=O) groups excluding carboxylic acids is 1. The van der Waals surface area contributed by atoms with E-state index < -0.39 is 5.97 Å².